The molecule has 0 bridgehead atoms. The molecule has 1 amide bonds. The number of carbonyl (C=O) groups is 1. The summed E-state index contributed by atoms with van der Waals surface area (Å²) in [6, 6.07) is 0.344. The highest BCUT2D eigenvalue weighted by Crippen LogP contribution is 2.29. The molecule has 7 heteroatoms. The van der Waals surface area contributed by atoms with Gasteiger partial charge in [0, 0.05) is 12.6 Å². The summed E-state index contributed by atoms with van der Waals surface area (Å²) < 4.78 is 0. The van der Waals surface area contributed by atoms with Crippen LogP contribution in [0, 0.1) is 0 Å². The summed E-state index contributed by atoms with van der Waals surface area (Å²) in [6.45, 7) is 1.60. The van der Waals surface area contributed by atoms with Crippen LogP contribution in [-0.4, -0.2) is 57.0 Å². The van der Waals surface area contributed by atoms with E-state index in [9.17, 15) is 9.90 Å². The highest BCUT2D eigenvalue weighted by atomic mass is 16.3. The van der Waals surface area contributed by atoms with Crippen molar-refractivity contribution in [3.8, 4) is 0 Å². The van der Waals surface area contributed by atoms with E-state index in [2.05, 4.69) is 20.7 Å². The Balaban J connectivity index is 1.55. The van der Waals surface area contributed by atoms with E-state index in [1.54, 1.807) is 6.20 Å². The minimum Gasteiger partial charge on any atom is -0.382 e. The van der Waals surface area contributed by atoms with Crippen LogP contribution < -0.4 is 5.32 Å². The number of carbonyl (C=O) groups excluding carboxylic acids is 1. The topological polar surface area (TPSA) is 94.1 Å². The van der Waals surface area contributed by atoms with Gasteiger partial charge in [0.2, 0.25) is 5.91 Å². The van der Waals surface area contributed by atoms with E-state index in [0.717, 1.165) is 25.8 Å². The van der Waals surface area contributed by atoms with Gasteiger partial charge in [-0.05, 0) is 32.2 Å². The summed E-state index contributed by atoms with van der Waals surface area (Å²) in [4.78, 5) is 14.1. The van der Waals surface area contributed by atoms with Crippen molar-refractivity contribution in [1.29, 1.82) is 0 Å². The first kappa shape index (κ1) is 14.5. The highest BCUT2D eigenvalue weighted by Gasteiger charge is 2.37. The molecule has 0 spiro atoms. The van der Waals surface area contributed by atoms with Crippen molar-refractivity contribution < 1.29 is 9.90 Å². The maximum atomic E-state index is 12.1. The van der Waals surface area contributed by atoms with Crippen molar-refractivity contribution in [1.82, 2.24) is 25.6 Å². The van der Waals surface area contributed by atoms with Crippen LogP contribution in [0.25, 0.3) is 0 Å². The van der Waals surface area contributed by atoms with E-state index >= 15 is 0 Å². The Morgan fingerprint density at radius 1 is 1.48 bits per heavy atom. The molecule has 0 radical (unpaired) electrons. The number of aromatic amines is 1. The van der Waals surface area contributed by atoms with Gasteiger partial charge in [-0.1, -0.05) is 12.8 Å². The Bertz CT molecular complexity index is 472. The van der Waals surface area contributed by atoms with Crippen LogP contribution in [0.1, 0.15) is 44.2 Å². The average Bonchev–Trinajstić information content (AvgIpc) is 3.11. The van der Waals surface area contributed by atoms with Gasteiger partial charge in [0.05, 0.1) is 12.7 Å². The summed E-state index contributed by atoms with van der Waals surface area (Å²) in [6.07, 6.45) is 7.66. The lowest BCUT2D eigenvalue weighted by molar-refractivity contribution is -0.125. The van der Waals surface area contributed by atoms with Crippen molar-refractivity contribution in [2.45, 2.75) is 50.2 Å². The number of hydrogen-bond donors (Lipinski definition) is 3. The maximum Gasteiger partial charge on any atom is 0.234 e. The van der Waals surface area contributed by atoms with Crippen LogP contribution in [0.3, 0.4) is 0 Å². The van der Waals surface area contributed by atoms with Gasteiger partial charge in [-0.3, -0.25) is 9.69 Å². The molecular formula is C14H23N5O2. The lowest BCUT2D eigenvalue weighted by Gasteiger charge is -2.37. The number of β-amino-alcohol motifs (C(OH)–C–C–N with tert-alkyl or cyclic N) is 1. The third-order valence-electron chi connectivity index (χ3n) is 4.53. The SMILES string of the molecule is O=C(CN1CCC[C@@](O)(c2cn[nH]n2)C1)NC1CCCC1. The second kappa shape index (κ2) is 6.11. The van der Waals surface area contributed by atoms with E-state index in [4.69, 9.17) is 0 Å². The number of nitrogens with one attached hydrogen (secondary N) is 2. The Morgan fingerprint density at radius 2 is 2.29 bits per heavy atom. The fourth-order valence-electron chi connectivity index (χ4n) is 3.44. The standard InChI is InChI=1S/C14H23N5O2/c20-13(16-11-4-1-2-5-11)9-19-7-3-6-14(21,10-19)12-8-15-18-17-12/h8,11,21H,1-7,9-10H2,(H,16,20)(H,15,17,18)/t14-/m0/s1. The summed E-state index contributed by atoms with van der Waals surface area (Å²) in [7, 11) is 0. The third kappa shape index (κ3) is 3.41. The fourth-order valence-corrected chi connectivity index (χ4v) is 3.44. The predicted molar refractivity (Wildman–Crippen MR) is 76.4 cm³/mol. The maximum absolute atomic E-state index is 12.1. The van der Waals surface area contributed by atoms with Gasteiger partial charge in [0.25, 0.3) is 0 Å². The highest BCUT2D eigenvalue weighted by molar-refractivity contribution is 5.78. The van der Waals surface area contributed by atoms with E-state index in [0.29, 0.717) is 31.2 Å². The van der Waals surface area contributed by atoms with Gasteiger partial charge < -0.3 is 10.4 Å². The van der Waals surface area contributed by atoms with Gasteiger partial charge in [0.1, 0.15) is 11.3 Å². The monoisotopic (exact) mass is 293 g/mol. The molecule has 1 atom stereocenters. The molecule has 1 aliphatic carbocycles. The molecule has 7 nitrogen and oxygen atoms in total. The molecule has 2 aliphatic rings. The summed E-state index contributed by atoms with van der Waals surface area (Å²) in [5, 5.41) is 24.1. The van der Waals surface area contributed by atoms with Gasteiger partial charge in [-0.2, -0.15) is 15.4 Å². The normalized spacial score (nSPS) is 27.9. The molecule has 1 aromatic rings. The molecule has 21 heavy (non-hydrogen) atoms. The lowest BCUT2D eigenvalue weighted by atomic mass is 9.90. The van der Waals surface area contributed by atoms with E-state index in [-0.39, 0.29) is 5.91 Å². The molecule has 1 saturated carbocycles. The summed E-state index contributed by atoms with van der Waals surface area (Å²) in [5.74, 6) is 0.0614. The number of aliphatic hydroxyl groups is 1. The number of aromatic nitrogens is 3. The lowest BCUT2D eigenvalue weighted by Crippen LogP contribution is -2.50. The van der Waals surface area contributed by atoms with Crippen LogP contribution in [0.4, 0.5) is 0 Å². The number of amides is 1. The zero-order valence-corrected chi connectivity index (χ0v) is 12.2. The van der Waals surface area contributed by atoms with Gasteiger partial charge in [-0.25, -0.2) is 0 Å². The fraction of sp³-hybridized carbons (Fsp3) is 0.786. The van der Waals surface area contributed by atoms with Crippen molar-refractivity contribution in [3.05, 3.63) is 11.9 Å². The number of rotatable bonds is 4. The van der Waals surface area contributed by atoms with Gasteiger partial charge in [-0.15, -0.1) is 0 Å². The molecule has 2 heterocycles. The predicted octanol–water partition coefficient (Wildman–Crippen LogP) is 0.147. The van der Waals surface area contributed by atoms with E-state index in [1.807, 2.05) is 4.90 Å². The number of piperidine rings is 1. The number of likely N-dealkylation sites (tertiary alicyclic amines) is 1. The molecular weight excluding hydrogens is 270 g/mol. The van der Waals surface area contributed by atoms with Crippen LogP contribution >= 0.6 is 0 Å². The summed E-state index contributed by atoms with van der Waals surface area (Å²) >= 11 is 0. The second-order valence-corrected chi connectivity index (χ2v) is 6.25. The molecule has 1 aliphatic heterocycles. The van der Waals surface area contributed by atoms with Crippen molar-refractivity contribution in [2.24, 2.45) is 0 Å². The Labute approximate surface area is 124 Å². The largest absolute Gasteiger partial charge is 0.382 e. The van der Waals surface area contributed by atoms with Crippen LogP contribution in [0.15, 0.2) is 6.20 Å². The minimum atomic E-state index is -1.00. The van der Waals surface area contributed by atoms with E-state index in [1.165, 1.54) is 12.8 Å². The zero-order valence-electron chi connectivity index (χ0n) is 12.2. The minimum absolute atomic E-state index is 0.0614. The molecule has 3 rings (SSSR count). The second-order valence-electron chi connectivity index (χ2n) is 6.25. The quantitative estimate of drug-likeness (QED) is 0.734. The van der Waals surface area contributed by atoms with Gasteiger partial charge >= 0.3 is 0 Å². The smallest absolute Gasteiger partial charge is 0.234 e. The third-order valence-corrected chi connectivity index (χ3v) is 4.53. The van der Waals surface area contributed by atoms with Gasteiger partial charge in [0.15, 0.2) is 0 Å². The number of H-pyrrole nitrogens is 1. The molecule has 3 N–H and O–H groups in total. The molecule has 1 aromatic heterocycles. The first-order valence-corrected chi connectivity index (χ1v) is 7.76. The molecule has 1 saturated heterocycles. The average molecular weight is 293 g/mol. The Kier molecular flexibility index (Phi) is 4.21. The zero-order chi connectivity index (χ0) is 14.7. The summed E-state index contributed by atoms with van der Waals surface area (Å²) in [5.41, 5.74) is -0.442. The Hall–Kier alpha value is -1.47. The van der Waals surface area contributed by atoms with Crippen LogP contribution in [-0.2, 0) is 10.4 Å². The van der Waals surface area contributed by atoms with Crippen molar-refractivity contribution >= 4 is 5.91 Å². The molecule has 0 aromatic carbocycles. The first-order valence-electron chi connectivity index (χ1n) is 7.76. The number of nitrogens with zero attached hydrogens (tertiary/aromatic N) is 3. The Morgan fingerprint density at radius 3 is 3.00 bits per heavy atom. The van der Waals surface area contributed by atoms with Crippen molar-refractivity contribution in [3.63, 3.8) is 0 Å². The van der Waals surface area contributed by atoms with Crippen molar-refractivity contribution in [2.75, 3.05) is 19.6 Å². The van der Waals surface area contributed by atoms with Crippen LogP contribution in [0.5, 0.6) is 0 Å². The van der Waals surface area contributed by atoms with E-state index < -0.39 is 5.60 Å². The van der Waals surface area contributed by atoms with Crippen LogP contribution in [0.2, 0.25) is 0 Å². The molecule has 2 fully saturated rings. The first-order chi connectivity index (χ1) is 10.2. The number of hydrogen-bond acceptors (Lipinski definition) is 5. The molecule has 116 valence electrons. The molecule has 0 unspecified atom stereocenters.